The SMILES string of the molecule is CCOC(=O)/C(C#N)=C1\NC(=O)c2ccc(Cl)cc21. The van der Waals surface area contributed by atoms with Gasteiger partial charge in [-0.1, -0.05) is 11.6 Å². The highest BCUT2D eigenvalue weighted by molar-refractivity contribution is 6.31. The Morgan fingerprint density at radius 3 is 2.84 bits per heavy atom. The number of fused-ring (bicyclic) bond motifs is 1. The number of nitrogens with one attached hydrogen (secondary N) is 1. The normalized spacial score (nSPS) is 15.3. The van der Waals surface area contributed by atoms with E-state index in [1.807, 2.05) is 0 Å². The highest BCUT2D eigenvalue weighted by Gasteiger charge is 2.29. The molecule has 5 nitrogen and oxygen atoms in total. The standard InChI is InChI=1S/C13H9ClN2O3/c1-2-19-13(18)10(6-15)11-9-5-7(14)3-4-8(9)12(17)16-11/h3-5H,2H2,1H3,(H,16,17)/b11-10-. The van der Waals surface area contributed by atoms with E-state index >= 15 is 0 Å². The molecule has 0 fully saturated rings. The molecule has 0 bridgehead atoms. The van der Waals surface area contributed by atoms with Crippen LogP contribution in [0.2, 0.25) is 5.02 Å². The number of nitriles is 1. The Labute approximate surface area is 114 Å². The summed E-state index contributed by atoms with van der Waals surface area (Å²) in [5.74, 6) is -1.15. The van der Waals surface area contributed by atoms with Crippen LogP contribution in [0.25, 0.3) is 5.70 Å². The summed E-state index contributed by atoms with van der Waals surface area (Å²) in [5.41, 5.74) is 0.707. The number of carbonyl (C=O) groups is 2. The van der Waals surface area contributed by atoms with Gasteiger partial charge in [0.25, 0.3) is 5.91 Å². The fourth-order valence-corrected chi connectivity index (χ4v) is 1.95. The van der Waals surface area contributed by atoms with E-state index in [0.717, 1.165) is 0 Å². The highest BCUT2D eigenvalue weighted by atomic mass is 35.5. The molecule has 1 aromatic carbocycles. The first-order valence-corrected chi connectivity index (χ1v) is 5.89. The summed E-state index contributed by atoms with van der Waals surface area (Å²) in [6.07, 6.45) is 0. The number of amides is 1. The number of nitrogens with zero attached hydrogens (tertiary/aromatic N) is 1. The predicted octanol–water partition coefficient (Wildman–Crippen LogP) is 1.88. The number of ether oxygens (including phenoxy) is 1. The van der Waals surface area contributed by atoms with Crippen LogP contribution >= 0.6 is 11.6 Å². The van der Waals surface area contributed by atoms with Crippen molar-refractivity contribution >= 4 is 29.2 Å². The zero-order valence-corrected chi connectivity index (χ0v) is 10.7. The summed E-state index contributed by atoms with van der Waals surface area (Å²) in [6, 6.07) is 6.40. The molecule has 0 saturated heterocycles. The van der Waals surface area contributed by atoms with E-state index in [-0.39, 0.29) is 23.8 Å². The number of hydrogen-bond donors (Lipinski definition) is 1. The van der Waals surface area contributed by atoms with Gasteiger partial charge in [0.2, 0.25) is 0 Å². The quantitative estimate of drug-likeness (QED) is 0.508. The Morgan fingerprint density at radius 1 is 1.47 bits per heavy atom. The molecule has 1 aliphatic rings. The number of benzene rings is 1. The van der Waals surface area contributed by atoms with Crippen molar-refractivity contribution in [1.29, 1.82) is 5.26 Å². The minimum atomic E-state index is -0.770. The van der Waals surface area contributed by atoms with E-state index in [9.17, 15) is 9.59 Å². The lowest BCUT2D eigenvalue weighted by Gasteiger charge is -2.04. The third kappa shape index (κ3) is 2.30. The van der Waals surface area contributed by atoms with Gasteiger partial charge in [-0.25, -0.2) is 4.79 Å². The average Bonchev–Trinajstić information content (AvgIpc) is 2.68. The van der Waals surface area contributed by atoms with Gasteiger partial charge < -0.3 is 10.1 Å². The molecule has 2 rings (SSSR count). The summed E-state index contributed by atoms with van der Waals surface area (Å²) < 4.78 is 4.78. The molecule has 1 amide bonds. The van der Waals surface area contributed by atoms with Gasteiger partial charge in [-0.3, -0.25) is 4.79 Å². The lowest BCUT2D eigenvalue weighted by Crippen LogP contribution is -2.17. The molecule has 0 saturated carbocycles. The van der Waals surface area contributed by atoms with Crippen molar-refractivity contribution in [3.8, 4) is 6.07 Å². The van der Waals surface area contributed by atoms with Crippen molar-refractivity contribution in [2.24, 2.45) is 0 Å². The molecule has 1 heterocycles. The molecule has 96 valence electrons. The zero-order chi connectivity index (χ0) is 14.0. The van der Waals surface area contributed by atoms with Gasteiger partial charge in [0.1, 0.15) is 6.07 Å². The van der Waals surface area contributed by atoms with E-state index < -0.39 is 5.97 Å². The lowest BCUT2D eigenvalue weighted by molar-refractivity contribution is -0.137. The second-order valence-electron chi connectivity index (χ2n) is 3.73. The van der Waals surface area contributed by atoms with Gasteiger partial charge in [-0.15, -0.1) is 0 Å². The Kier molecular flexibility index (Phi) is 3.54. The van der Waals surface area contributed by atoms with E-state index in [1.54, 1.807) is 25.1 Å². The van der Waals surface area contributed by atoms with E-state index in [4.69, 9.17) is 21.6 Å². The minimum absolute atomic E-state index is 0.142. The molecule has 0 radical (unpaired) electrons. The Morgan fingerprint density at radius 2 is 2.21 bits per heavy atom. The van der Waals surface area contributed by atoms with Crippen molar-refractivity contribution in [1.82, 2.24) is 5.32 Å². The lowest BCUT2D eigenvalue weighted by atomic mass is 10.1. The summed E-state index contributed by atoms with van der Waals surface area (Å²) in [7, 11) is 0. The maximum atomic E-state index is 11.7. The summed E-state index contributed by atoms with van der Waals surface area (Å²) in [6.45, 7) is 1.78. The number of esters is 1. The molecule has 1 aliphatic heterocycles. The average molecular weight is 277 g/mol. The Hall–Kier alpha value is -2.32. The van der Waals surface area contributed by atoms with Crippen LogP contribution in [-0.2, 0) is 9.53 Å². The fourth-order valence-electron chi connectivity index (χ4n) is 1.77. The topological polar surface area (TPSA) is 79.2 Å². The molecule has 0 aliphatic carbocycles. The first-order valence-electron chi connectivity index (χ1n) is 5.51. The van der Waals surface area contributed by atoms with E-state index in [2.05, 4.69) is 5.32 Å². The van der Waals surface area contributed by atoms with Gasteiger partial charge in [-0.05, 0) is 25.1 Å². The van der Waals surface area contributed by atoms with Crippen molar-refractivity contribution in [2.45, 2.75) is 6.92 Å². The molecule has 19 heavy (non-hydrogen) atoms. The summed E-state index contributed by atoms with van der Waals surface area (Å²) >= 11 is 5.86. The molecule has 1 N–H and O–H groups in total. The molecule has 0 spiro atoms. The molecule has 6 heteroatoms. The van der Waals surface area contributed by atoms with Crippen molar-refractivity contribution in [3.63, 3.8) is 0 Å². The number of halogens is 1. The second-order valence-corrected chi connectivity index (χ2v) is 4.16. The molecule has 0 unspecified atom stereocenters. The third-order valence-electron chi connectivity index (χ3n) is 2.58. The minimum Gasteiger partial charge on any atom is -0.462 e. The Balaban J connectivity index is 2.60. The highest BCUT2D eigenvalue weighted by Crippen LogP contribution is 2.29. The molecule has 1 aromatic rings. The number of rotatable bonds is 2. The number of carbonyl (C=O) groups excluding carboxylic acids is 2. The van der Waals surface area contributed by atoms with Crippen LogP contribution in [0.3, 0.4) is 0 Å². The van der Waals surface area contributed by atoms with Crippen LogP contribution in [0.1, 0.15) is 22.8 Å². The first kappa shape index (κ1) is 13.1. The van der Waals surface area contributed by atoms with Crippen LogP contribution in [0.5, 0.6) is 0 Å². The van der Waals surface area contributed by atoms with E-state index in [0.29, 0.717) is 16.1 Å². The smallest absolute Gasteiger partial charge is 0.351 e. The van der Waals surface area contributed by atoms with Crippen LogP contribution in [0, 0.1) is 11.3 Å². The van der Waals surface area contributed by atoms with Gasteiger partial charge in [0, 0.05) is 16.1 Å². The van der Waals surface area contributed by atoms with Crippen LogP contribution in [0.4, 0.5) is 0 Å². The van der Waals surface area contributed by atoms with Gasteiger partial charge in [-0.2, -0.15) is 5.26 Å². The summed E-state index contributed by atoms with van der Waals surface area (Å²) in [4.78, 5) is 23.4. The monoisotopic (exact) mass is 276 g/mol. The Bertz CT molecular complexity index is 644. The fraction of sp³-hybridized carbons (Fsp3) is 0.154. The van der Waals surface area contributed by atoms with Gasteiger partial charge in [0.15, 0.2) is 5.57 Å². The van der Waals surface area contributed by atoms with E-state index in [1.165, 1.54) is 6.07 Å². The number of hydrogen-bond acceptors (Lipinski definition) is 4. The van der Waals surface area contributed by atoms with Crippen LogP contribution in [-0.4, -0.2) is 18.5 Å². The zero-order valence-electron chi connectivity index (χ0n) is 9.99. The third-order valence-corrected chi connectivity index (χ3v) is 2.81. The maximum Gasteiger partial charge on any atom is 0.351 e. The maximum absolute atomic E-state index is 11.7. The first-order chi connectivity index (χ1) is 9.08. The van der Waals surface area contributed by atoms with Gasteiger partial charge >= 0.3 is 5.97 Å². The van der Waals surface area contributed by atoms with Gasteiger partial charge in [0.05, 0.1) is 12.3 Å². The largest absolute Gasteiger partial charge is 0.462 e. The second kappa shape index (κ2) is 5.12. The summed E-state index contributed by atoms with van der Waals surface area (Å²) in [5, 5.41) is 12.0. The predicted molar refractivity (Wildman–Crippen MR) is 68.1 cm³/mol. The molecular weight excluding hydrogens is 268 g/mol. The van der Waals surface area contributed by atoms with Crippen molar-refractivity contribution < 1.29 is 14.3 Å². The van der Waals surface area contributed by atoms with Crippen LogP contribution in [0.15, 0.2) is 23.8 Å². The van der Waals surface area contributed by atoms with Crippen molar-refractivity contribution in [3.05, 3.63) is 39.9 Å². The molecular formula is C13H9ClN2O3. The molecule has 0 aromatic heterocycles. The van der Waals surface area contributed by atoms with Crippen molar-refractivity contribution in [2.75, 3.05) is 6.61 Å². The molecule has 0 atom stereocenters. The van der Waals surface area contributed by atoms with Crippen LogP contribution < -0.4 is 5.32 Å².